The Kier molecular flexibility index (Phi) is 4.33. The summed E-state index contributed by atoms with van der Waals surface area (Å²) in [4.78, 5) is 0. The molecule has 0 heterocycles. The van der Waals surface area contributed by atoms with Crippen LogP contribution in [-0.2, 0) is 6.42 Å². The van der Waals surface area contributed by atoms with Crippen LogP contribution in [0.25, 0.3) is 6.08 Å². The van der Waals surface area contributed by atoms with Gasteiger partial charge in [-0.25, -0.2) is 0 Å². The molecule has 1 atom stereocenters. The molecule has 23 heavy (non-hydrogen) atoms. The fourth-order valence-corrected chi connectivity index (χ4v) is 2.98. The van der Waals surface area contributed by atoms with Crippen LogP contribution >= 0.6 is 0 Å². The molecule has 0 aliphatic heterocycles. The second kappa shape index (κ2) is 6.57. The largest absolute Gasteiger partial charge is 0.401 e. The van der Waals surface area contributed by atoms with Gasteiger partial charge in [-0.05, 0) is 30.0 Å². The maximum absolute atomic E-state index is 6.41. The number of benzene rings is 2. The predicted octanol–water partition coefficient (Wildman–Crippen LogP) is 4.02. The summed E-state index contributed by atoms with van der Waals surface area (Å²) < 4.78 is 0. The molecule has 0 aromatic heterocycles. The third-order valence-electron chi connectivity index (χ3n) is 4.36. The Morgan fingerprint density at radius 3 is 2.22 bits per heavy atom. The fourth-order valence-electron chi connectivity index (χ4n) is 2.98. The average molecular weight is 302 g/mol. The van der Waals surface area contributed by atoms with Crippen molar-refractivity contribution >= 4 is 6.08 Å². The van der Waals surface area contributed by atoms with Gasteiger partial charge >= 0.3 is 0 Å². The van der Waals surface area contributed by atoms with Gasteiger partial charge in [-0.3, -0.25) is 0 Å². The highest BCUT2D eigenvalue weighted by Gasteiger charge is 2.31. The van der Waals surface area contributed by atoms with Crippen LogP contribution in [0.3, 0.4) is 0 Å². The van der Waals surface area contributed by atoms with Gasteiger partial charge in [-0.1, -0.05) is 78.9 Å². The van der Waals surface area contributed by atoms with Crippen LogP contribution in [0.2, 0.25) is 0 Å². The van der Waals surface area contributed by atoms with Crippen LogP contribution < -0.4 is 11.5 Å². The van der Waals surface area contributed by atoms with E-state index >= 15 is 0 Å². The third kappa shape index (κ3) is 3.54. The first-order chi connectivity index (χ1) is 11.2. The minimum absolute atomic E-state index is 0.222. The summed E-state index contributed by atoms with van der Waals surface area (Å²) in [5.41, 5.74) is 16.1. The number of allylic oxidation sites excluding steroid dienone is 3. The maximum atomic E-state index is 6.41. The Morgan fingerprint density at radius 1 is 0.913 bits per heavy atom. The van der Waals surface area contributed by atoms with Gasteiger partial charge in [0, 0.05) is 16.8 Å². The van der Waals surface area contributed by atoms with E-state index in [0.29, 0.717) is 0 Å². The van der Waals surface area contributed by atoms with Crippen LogP contribution in [0, 0.1) is 5.41 Å². The lowest BCUT2D eigenvalue weighted by molar-refractivity contribution is 0.451. The summed E-state index contributed by atoms with van der Waals surface area (Å²) >= 11 is 0. The Labute approximate surface area is 137 Å². The van der Waals surface area contributed by atoms with Crippen molar-refractivity contribution in [1.82, 2.24) is 0 Å². The second-order valence-electron chi connectivity index (χ2n) is 6.07. The zero-order valence-electron chi connectivity index (χ0n) is 13.2. The van der Waals surface area contributed by atoms with E-state index in [4.69, 9.17) is 11.5 Å². The van der Waals surface area contributed by atoms with E-state index in [1.807, 2.05) is 30.3 Å². The van der Waals surface area contributed by atoms with Crippen LogP contribution in [0.1, 0.15) is 17.5 Å². The SMILES string of the molecule is NC1=CCC(C=Cc2ccccc2)(Cc2ccccc2)C(N)=C1. The molecule has 1 unspecified atom stereocenters. The van der Waals surface area contributed by atoms with Crippen molar-refractivity contribution in [3.63, 3.8) is 0 Å². The lowest BCUT2D eigenvalue weighted by Gasteiger charge is -2.33. The molecule has 1 aliphatic rings. The lowest BCUT2D eigenvalue weighted by Crippen LogP contribution is -2.31. The van der Waals surface area contributed by atoms with Gasteiger partial charge in [0.25, 0.3) is 0 Å². The van der Waals surface area contributed by atoms with E-state index in [1.54, 1.807) is 0 Å². The molecular weight excluding hydrogens is 280 g/mol. The molecule has 2 nitrogen and oxygen atoms in total. The standard InChI is InChI=1S/C21H22N2/c22-19-12-14-21(20(23)15-19,16-18-9-5-2-6-10-18)13-11-17-7-3-1-4-8-17/h1-13,15H,14,16,22-23H2. The molecule has 0 spiro atoms. The predicted molar refractivity (Wildman–Crippen MR) is 97.2 cm³/mol. The summed E-state index contributed by atoms with van der Waals surface area (Å²) in [6.45, 7) is 0. The van der Waals surface area contributed by atoms with Crippen molar-refractivity contribution < 1.29 is 0 Å². The Hall–Kier alpha value is -2.74. The normalized spacial score (nSPS) is 21.0. The van der Waals surface area contributed by atoms with Crippen LogP contribution in [0.5, 0.6) is 0 Å². The average Bonchev–Trinajstić information content (AvgIpc) is 2.58. The molecule has 2 heteroatoms. The molecule has 0 saturated carbocycles. The fraction of sp³-hybridized carbons (Fsp3) is 0.143. The summed E-state index contributed by atoms with van der Waals surface area (Å²) in [7, 11) is 0. The summed E-state index contributed by atoms with van der Waals surface area (Å²) in [5.74, 6) is 0. The molecule has 0 amide bonds. The Bertz CT molecular complexity index is 742. The van der Waals surface area contributed by atoms with Crippen molar-refractivity contribution in [1.29, 1.82) is 0 Å². The van der Waals surface area contributed by atoms with E-state index in [2.05, 4.69) is 54.6 Å². The highest BCUT2D eigenvalue weighted by molar-refractivity contribution is 5.52. The van der Waals surface area contributed by atoms with Gasteiger partial charge < -0.3 is 11.5 Å². The zero-order chi connectivity index (χ0) is 16.1. The van der Waals surface area contributed by atoms with E-state index < -0.39 is 0 Å². The summed E-state index contributed by atoms with van der Waals surface area (Å²) in [6, 6.07) is 20.8. The number of hydrogen-bond donors (Lipinski definition) is 2. The van der Waals surface area contributed by atoms with Crippen molar-refractivity contribution in [2.24, 2.45) is 16.9 Å². The zero-order valence-corrected chi connectivity index (χ0v) is 13.2. The minimum atomic E-state index is -0.222. The highest BCUT2D eigenvalue weighted by Crippen LogP contribution is 2.38. The van der Waals surface area contributed by atoms with E-state index in [-0.39, 0.29) is 5.41 Å². The summed E-state index contributed by atoms with van der Waals surface area (Å²) in [5, 5.41) is 0. The number of nitrogens with two attached hydrogens (primary N) is 2. The maximum Gasteiger partial charge on any atom is 0.0357 e. The van der Waals surface area contributed by atoms with Crippen molar-refractivity contribution in [2.75, 3.05) is 0 Å². The van der Waals surface area contributed by atoms with Crippen LogP contribution in [0.15, 0.2) is 90.3 Å². The van der Waals surface area contributed by atoms with Crippen LogP contribution in [-0.4, -0.2) is 0 Å². The van der Waals surface area contributed by atoms with Crippen LogP contribution in [0.4, 0.5) is 0 Å². The topological polar surface area (TPSA) is 52.0 Å². The van der Waals surface area contributed by atoms with Gasteiger partial charge in [-0.2, -0.15) is 0 Å². The van der Waals surface area contributed by atoms with Gasteiger partial charge in [0.05, 0.1) is 0 Å². The first-order valence-corrected chi connectivity index (χ1v) is 7.89. The molecule has 116 valence electrons. The van der Waals surface area contributed by atoms with Crippen molar-refractivity contribution in [3.8, 4) is 0 Å². The first kappa shape index (κ1) is 15.2. The molecular formula is C21H22N2. The quantitative estimate of drug-likeness (QED) is 0.896. The summed E-state index contributed by atoms with van der Waals surface area (Å²) in [6.07, 6.45) is 10.0. The molecule has 0 bridgehead atoms. The van der Waals surface area contributed by atoms with Gasteiger partial charge in [0.15, 0.2) is 0 Å². The molecule has 0 radical (unpaired) electrons. The Morgan fingerprint density at radius 2 is 1.57 bits per heavy atom. The molecule has 1 aliphatic carbocycles. The molecule has 2 aromatic rings. The smallest absolute Gasteiger partial charge is 0.0357 e. The number of rotatable bonds is 4. The molecule has 3 rings (SSSR count). The van der Waals surface area contributed by atoms with Crippen molar-refractivity contribution in [3.05, 3.63) is 101 Å². The first-order valence-electron chi connectivity index (χ1n) is 7.89. The van der Waals surface area contributed by atoms with E-state index in [9.17, 15) is 0 Å². The molecule has 4 N–H and O–H groups in total. The van der Waals surface area contributed by atoms with E-state index in [0.717, 1.165) is 24.2 Å². The number of hydrogen-bond acceptors (Lipinski definition) is 2. The molecule has 2 aromatic carbocycles. The third-order valence-corrected chi connectivity index (χ3v) is 4.36. The highest BCUT2D eigenvalue weighted by atomic mass is 14.7. The van der Waals surface area contributed by atoms with Gasteiger partial charge in [0.1, 0.15) is 0 Å². The second-order valence-corrected chi connectivity index (χ2v) is 6.07. The minimum Gasteiger partial charge on any atom is -0.401 e. The monoisotopic (exact) mass is 302 g/mol. The Balaban J connectivity index is 1.94. The molecule has 0 fully saturated rings. The van der Waals surface area contributed by atoms with E-state index in [1.165, 1.54) is 11.1 Å². The van der Waals surface area contributed by atoms with Crippen molar-refractivity contribution in [2.45, 2.75) is 12.8 Å². The molecule has 0 saturated heterocycles. The van der Waals surface area contributed by atoms with Gasteiger partial charge in [0.2, 0.25) is 0 Å². The van der Waals surface area contributed by atoms with Gasteiger partial charge in [-0.15, -0.1) is 0 Å². The lowest BCUT2D eigenvalue weighted by atomic mass is 9.73.